The van der Waals surface area contributed by atoms with Crippen molar-refractivity contribution in [1.82, 2.24) is 0 Å². The first-order valence-corrected chi connectivity index (χ1v) is 7.76. The first kappa shape index (κ1) is 15.6. The van der Waals surface area contributed by atoms with Crippen molar-refractivity contribution in [2.75, 3.05) is 11.4 Å². The molecule has 0 aliphatic rings. The van der Waals surface area contributed by atoms with Crippen molar-refractivity contribution in [3.63, 3.8) is 0 Å². The zero-order chi connectivity index (χ0) is 15.2. The average molecular weight is 286 g/mol. The predicted molar refractivity (Wildman–Crippen MR) is 88.6 cm³/mol. The van der Waals surface area contributed by atoms with E-state index in [1.165, 1.54) is 16.8 Å². The summed E-state index contributed by atoms with van der Waals surface area (Å²) in [5, 5.41) is 0. The molecule has 21 heavy (non-hydrogen) atoms. The summed E-state index contributed by atoms with van der Waals surface area (Å²) < 4.78 is 5.46. The Kier molecular flexibility index (Phi) is 5.45. The molecule has 3 nitrogen and oxygen atoms in total. The van der Waals surface area contributed by atoms with Gasteiger partial charge in [-0.25, -0.2) is 0 Å². The van der Waals surface area contributed by atoms with Crippen LogP contribution in [-0.4, -0.2) is 12.6 Å². The maximum atomic E-state index is 6.05. The van der Waals surface area contributed by atoms with Gasteiger partial charge >= 0.3 is 0 Å². The van der Waals surface area contributed by atoms with E-state index in [1.807, 2.05) is 12.1 Å². The molecule has 1 unspecified atom stereocenters. The van der Waals surface area contributed by atoms with Gasteiger partial charge in [-0.05, 0) is 56.0 Å². The van der Waals surface area contributed by atoms with Gasteiger partial charge in [-0.3, -0.25) is 0 Å². The standard InChI is InChI=1S/C18H26N2O/c1-4-16(19)12-15-8-9-18(14(3)11-15)20(5-2)13-17-7-6-10-21-17/h6-11,16H,4-5,12-13,19H2,1-3H3. The van der Waals surface area contributed by atoms with Crippen LogP contribution in [0.4, 0.5) is 5.69 Å². The number of aryl methyl sites for hydroxylation is 1. The maximum absolute atomic E-state index is 6.05. The molecule has 0 saturated carbocycles. The van der Waals surface area contributed by atoms with Crippen molar-refractivity contribution >= 4 is 5.69 Å². The Balaban J connectivity index is 2.14. The minimum Gasteiger partial charge on any atom is -0.467 e. The largest absolute Gasteiger partial charge is 0.467 e. The number of rotatable bonds is 7. The zero-order valence-electron chi connectivity index (χ0n) is 13.3. The molecule has 2 rings (SSSR count). The highest BCUT2D eigenvalue weighted by Crippen LogP contribution is 2.24. The van der Waals surface area contributed by atoms with E-state index in [4.69, 9.17) is 10.2 Å². The first-order chi connectivity index (χ1) is 10.1. The van der Waals surface area contributed by atoms with E-state index in [2.05, 4.69) is 43.9 Å². The molecule has 0 aliphatic heterocycles. The van der Waals surface area contributed by atoms with Crippen LogP contribution in [0.1, 0.15) is 37.2 Å². The summed E-state index contributed by atoms with van der Waals surface area (Å²) in [5.74, 6) is 0.994. The summed E-state index contributed by atoms with van der Waals surface area (Å²) in [7, 11) is 0. The lowest BCUT2D eigenvalue weighted by Gasteiger charge is -2.24. The Bertz CT molecular complexity index is 548. The van der Waals surface area contributed by atoms with Crippen LogP contribution in [-0.2, 0) is 13.0 Å². The molecule has 3 heteroatoms. The van der Waals surface area contributed by atoms with Gasteiger partial charge in [0, 0.05) is 18.3 Å². The van der Waals surface area contributed by atoms with Gasteiger partial charge in [-0.15, -0.1) is 0 Å². The highest BCUT2D eigenvalue weighted by Gasteiger charge is 2.11. The molecule has 1 atom stereocenters. The van der Waals surface area contributed by atoms with Gasteiger partial charge < -0.3 is 15.1 Å². The summed E-state index contributed by atoms with van der Waals surface area (Å²) in [6.07, 6.45) is 3.69. The van der Waals surface area contributed by atoms with Gasteiger partial charge in [0.25, 0.3) is 0 Å². The second-order valence-corrected chi connectivity index (χ2v) is 5.59. The first-order valence-electron chi connectivity index (χ1n) is 7.76. The Morgan fingerprint density at radius 2 is 2.05 bits per heavy atom. The number of hydrogen-bond donors (Lipinski definition) is 1. The summed E-state index contributed by atoms with van der Waals surface area (Å²) in [4.78, 5) is 2.33. The molecule has 1 aromatic carbocycles. The monoisotopic (exact) mass is 286 g/mol. The molecule has 0 amide bonds. The van der Waals surface area contributed by atoms with Gasteiger partial charge in [-0.2, -0.15) is 0 Å². The fraction of sp³-hybridized carbons (Fsp3) is 0.444. The SMILES string of the molecule is CCC(N)Cc1ccc(N(CC)Cc2ccco2)c(C)c1. The summed E-state index contributed by atoms with van der Waals surface area (Å²) in [6, 6.07) is 10.9. The molecule has 2 aromatic rings. The van der Waals surface area contributed by atoms with E-state index >= 15 is 0 Å². The Morgan fingerprint density at radius 1 is 1.24 bits per heavy atom. The van der Waals surface area contributed by atoms with Crippen molar-refractivity contribution in [3.05, 3.63) is 53.5 Å². The van der Waals surface area contributed by atoms with Gasteiger partial charge in [-0.1, -0.05) is 19.1 Å². The molecular weight excluding hydrogens is 260 g/mol. The number of nitrogens with two attached hydrogens (primary N) is 1. The van der Waals surface area contributed by atoms with Crippen LogP contribution in [0, 0.1) is 6.92 Å². The van der Waals surface area contributed by atoms with E-state index < -0.39 is 0 Å². The number of benzene rings is 1. The smallest absolute Gasteiger partial charge is 0.123 e. The van der Waals surface area contributed by atoms with E-state index in [-0.39, 0.29) is 6.04 Å². The van der Waals surface area contributed by atoms with Crippen LogP contribution in [0.15, 0.2) is 41.0 Å². The van der Waals surface area contributed by atoms with Gasteiger partial charge in [0.05, 0.1) is 12.8 Å². The molecule has 0 aliphatic carbocycles. The second-order valence-electron chi connectivity index (χ2n) is 5.59. The molecule has 0 saturated heterocycles. The molecule has 0 fully saturated rings. The van der Waals surface area contributed by atoms with Crippen LogP contribution >= 0.6 is 0 Å². The van der Waals surface area contributed by atoms with Gasteiger partial charge in [0.2, 0.25) is 0 Å². The van der Waals surface area contributed by atoms with Gasteiger partial charge in [0.1, 0.15) is 5.76 Å². The third kappa shape index (κ3) is 4.11. The van der Waals surface area contributed by atoms with Crippen molar-refractivity contribution in [1.29, 1.82) is 0 Å². The molecule has 0 spiro atoms. The minimum atomic E-state index is 0.251. The molecule has 0 radical (unpaired) electrons. The van der Waals surface area contributed by atoms with Crippen LogP contribution in [0.5, 0.6) is 0 Å². The highest BCUT2D eigenvalue weighted by molar-refractivity contribution is 5.54. The quantitative estimate of drug-likeness (QED) is 0.839. The van der Waals surface area contributed by atoms with Crippen LogP contribution in [0.25, 0.3) is 0 Å². The minimum absolute atomic E-state index is 0.251. The maximum Gasteiger partial charge on any atom is 0.123 e. The fourth-order valence-electron chi connectivity index (χ4n) is 2.60. The molecular formula is C18H26N2O. The Labute approximate surface area is 127 Å². The molecule has 114 valence electrons. The Hall–Kier alpha value is -1.74. The predicted octanol–water partition coefficient (Wildman–Crippen LogP) is 3.89. The fourth-order valence-corrected chi connectivity index (χ4v) is 2.60. The van der Waals surface area contributed by atoms with E-state index in [9.17, 15) is 0 Å². The second kappa shape index (κ2) is 7.32. The number of furan rings is 1. The summed E-state index contributed by atoms with van der Waals surface area (Å²) in [5.41, 5.74) is 9.93. The lowest BCUT2D eigenvalue weighted by atomic mass is 10.0. The van der Waals surface area contributed by atoms with Crippen molar-refractivity contribution in [2.45, 2.75) is 46.2 Å². The number of nitrogens with zero attached hydrogens (tertiary/aromatic N) is 1. The zero-order valence-corrected chi connectivity index (χ0v) is 13.3. The number of anilines is 1. The average Bonchev–Trinajstić information content (AvgIpc) is 2.98. The van der Waals surface area contributed by atoms with E-state index in [0.29, 0.717) is 0 Å². The lowest BCUT2D eigenvalue weighted by molar-refractivity contribution is 0.503. The van der Waals surface area contributed by atoms with Crippen LogP contribution in [0.2, 0.25) is 0 Å². The van der Waals surface area contributed by atoms with Crippen molar-refractivity contribution in [2.24, 2.45) is 5.73 Å². The van der Waals surface area contributed by atoms with Crippen LogP contribution < -0.4 is 10.6 Å². The molecule has 2 N–H and O–H groups in total. The topological polar surface area (TPSA) is 42.4 Å². The molecule has 1 heterocycles. The van der Waals surface area contributed by atoms with E-state index in [1.54, 1.807) is 6.26 Å². The third-order valence-corrected chi connectivity index (χ3v) is 3.93. The van der Waals surface area contributed by atoms with Gasteiger partial charge in [0.15, 0.2) is 0 Å². The van der Waals surface area contributed by atoms with Crippen molar-refractivity contribution in [3.8, 4) is 0 Å². The normalized spacial score (nSPS) is 12.4. The molecule has 0 bridgehead atoms. The Morgan fingerprint density at radius 3 is 2.62 bits per heavy atom. The van der Waals surface area contributed by atoms with Crippen molar-refractivity contribution < 1.29 is 4.42 Å². The summed E-state index contributed by atoms with van der Waals surface area (Å²) in [6.45, 7) is 8.23. The highest BCUT2D eigenvalue weighted by atomic mass is 16.3. The number of hydrogen-bond acceptors (Lipinski definition) is 3. The third-order valence-electron chi connectivity index (χ3n) is 3.93. The molecule has 1 aromatic heterocycles. The van der Waals surface area contributed by atoms with E-state index in [0.717, 1.165) is 31.7 Å². The van der Waals surface area contributed by atoms with Crippen LogP contribution in [0.3, 0.4) is 0 Å². The summed E-state index contributed by atoms with van der Waals surface area (Å²) >= 11 is 0. The lowest BCUT2D eigenvalue weighted by Crippen LogP contribution is -2.23.